The lowest BCUT2D eigenvalue weighted by Crippen LogP contribution is -2.34. The van der Waals surface area contributed by atoms with Gasteiger partial charge in [0.05, 0.1) is 19.9 Å². The molecule has 0 aromatic heterocycles. The van der Waals surface area contributed by atoms with E-state index in [1.54, 1.807) is 36.4 Å². The topological polar surface area (TPSA) is 100 Å². The normalized spacial score (nSPS) is 10.5. The second-order valence-electron chi connectivity index (χ2n) is 4.91. The minimum atomic E-state index is -0.498. The Balaban J connectivity index is 1.85. The molecule has 130 valence electrons. The number of phenolic OH excluding ortho intramolecular Hbond substituents is 1. The van der Waals surface area contributed by atoms with Crippen LogP contribution in [-0.2, 0) is 4.79 Å². The van der Waals surface area contributed by atoms with Gasteiger partial charge in [0.15, 0.2) is 0 Å². The lowest BCUT2D eigenvalue weighted by Gasteiger charge is -2.05. The zero-order valence-electron chi connectivity index (χ0n) is 13.3. The van der Waals surface area contributed by atoms with Crippen molar-refractivity contribution in [1.29, 1.82) is 0 Å². The molecule has 0 atom stereocenters. The summed E-state index contributed by atoms with van der Waals surface area (Å²) < 4.78 is 5.81. The van der Waals surface area contributed by atoms with Crippen molar-refractivity contribution in [3.05, 3.63) is 58.1 Å². The summed E-state index contributed by atoms with van der Waals surface area (Å²) in [6.07, 6.45) is 1.28. The van der Waals surface area contributed by atoms with Gasteiger partial charge in [-0.05, 0) is 36.4 Å². The number of rotatable bonds is 6. The maximum Gasteiger partial charge on any atom is 0.259 e. The number of hydrogen-bond acceptors (Lipinski definition) is 5. The SMILES string of the molecule is COc1ccc(O)c(/C=N\NC(=O)CNC(=O)c2cccc(Br)c2)c1. The van der Waals surface area contributed by atoms with E-state index in [4.69, 9.17) is 4.74 Å². The number of hydrazone groups is 1. The van der Waals surface area contributed by atoms with E-state index in [0.29, 0.717) is 16.9 Å². The molecule has 0 aliphatic rings. The Kier molecular flexibility index (Phi) is 6.53. The van der Waals surface area contributed by atoms with Gasteiger partial charge in [-0.15, -0.1) is 0 Å². The molecule has 0 spiro atoms. The van der Waals surface area contributed by atoms with E-state index in [1.807, 2.05) is 0 Å². The predicted molar refractivity (Wildman–Crippen MR) is 96.9 cm³/mol. The summed E-state index contributed by atoms with van der Waals surface area (Å²) in [5, 5.41) is 15.9. The van der Waals surface area contributed by atoms with Crippen LogP contribution in [0.4, 0.5) is 0 Å². The van der Waals surface area contributed by atoms with Crippen LogP contribution in [0.3, 0.4) is 0 Å². The number of nitrogens with zero attached hydrogens (tertiary/aromatic N) is 1. The second kappa shape index (κ2) is 8.84. The van der Waals surface area contributed by atoms with Gasteiger partial charge in [0.1, 0.15) is 11.5 Å². The third-order valence-electron chi connectivity index (χ3n) is 3.12. The number of amides is 2. The quantitative estimate of drug-likeness (QED) is 0.505. The number of hydrogen-bond donors (Lipinski definition) is 3. The molecule has 0 aliphatic heterocycles. The molecule has 2 amide bonds. The predicted octanol–water partition coefficient (Wildman–Crippen LogP) is 2.04. The van der Waals surface area contributed by atoms with Crippen molar-refractivity contribution in [2.45, 2.75) is 0 Å². The van der Waals surface area contributed by atoms with Crippen LogP contribution in [0.25, 0.3) is 0 Å². The van der Waals surface area contributed by atoms with Crippen molar-refractivity contribution in [3.8, 4) is 11.5 Å². The molecule has 2 rings (SSSR count). The van der Waals surface area contributed by atoms with Crippen molar-refractivity contribution in [2.75, 3.05) is 13.7 Å². The molecule has 7 nitrogen and oxygen atoms in total. The highest BCUT2D eigenvalue weighted by Gasteiger charge is 2.08. The molecule has 0 radical (unpaired) electrons. The van der Waals surface area contributed by atoms with Crippen LogP contribution in [0.1, 0.15) is 15.9 Å². The average molecular weight is 406 g/mol. The Hall–Kier alpha value is -2.87. The van der Waals surface area contributed by atoms with Crippen molar-refractivity contribution < 1.29 is 19.4 Å². The lowest BCUT2D eigenvalue weighted by molar-refractivity contribution is -0.120. The van der Waals surface area contributed by atoms with Crippen molar-refractivity contribution in [3.63, 3.8) is 0 Å². The van der Waals surface area contributed by atoms with Gasteiger partial charge in [-0.25, -0.2) is 5.43 Å². The van der Waals surface area contributed by atoms with Crippen molar-refractivity contribution in [1.82, 2.24) is 10.7 Å². The average Bonchev–Trinajstić information content (AvgIpc) is 2.61. The number of methoxy groups -OCH3 is 1. The number of carbonyl (C=O) groups is 2. The highest BCUT2D eigenvalue weighted by molar-refractivity contribution is 9.10. The Morgan fingerprint density at radius 3 is 2.80 bits per heavy atom. The summed E-state index contributed by atoms with van der Waals surface area (Å²) in [4.78, 5) is 23.6. The lowest BCUT2D eigenvalue weighted by atomic mass is 10.2. The fourth-order valence-corrected chi connectivity index (χ4v) is 2.27. The van der Waals surface area contributed by atoms with Crippen molar-refractivity contribution >= 4 is 34.0 Å². The molecule has 25 heavy (non-hydrogen) atoms. The van der Waals surface area contributed by atoms with E-state index < -0.39 is 5.91 Å². The Morgan fingerprint density at radius 2 is 2.08 bits per heavy atom. The summed E-state index contributed by atoms with van der Waals surface area (Å²) in [6, 6.07) is 11.4. The number of halogens is 1. The molecule has 0 saturated carbocycles. The van der Waals surface area contributed by atoms with Crippen molar-refractivity contribution in [2.24, 2.45) is 5.10 Å². The maximum atomic E-state index is 11.9. The van der Waals surface area contributed by atoms with E-state index in [1.165, 1.54) is 19.4 Å². The monoisotopic (exact) mass is 405 g/mol. The summed E-state index contributed by atoms with van der Waals surface area (Å²) in [5.74, 6) is -0.318. The molecule has 0 heterocycles. The van der Waals surface area contributed by atoms with Crippen LogP contribution < -0.4 is 15.5 Å². The first-order valence-electron chi connectivity index (χ1n) is 7.22. The number of ether oxygens (including phenoxy) is 1. The largest absolute Gasteiger partial charge is 0.507 e. The summed E-state index contributed by atoms with van der Waals surface area (Å²) >= 11 is 3.28. The fraction of sp³-hybridized carbons (Fsp3) is 0.118. The van der Waals surface area contributed by atoms with Gasteiger partial charge < -0.3 is 15.2 Å². The zero-order valence-corrected chi connectivity index (χ0v) is 14.9. The molecular formula is C17H16BrN3O4. The van der Waals surface area contributed by atoms with Gasteiger partial charge >= 0.3 is 0 Å². The van der Waals surface area contributed by atoms with Gasteiger partial charge in [0.2, 0.25) is 0 Å². The third kappa shape index (κ3) is 5.61. The summed E-state index contributed by atoms with van der Waals surface area (Å²) in [6.45, 7) is -0.229. The summed E-state index contributed by atoms with van der Waals surface area (Å²) in [7, 11) is 1.50. The number of benzene rings is 2. The minimum absolute atomic E-state index is 0.00163. The smallest absolute Gasteiger partial charge is 0.259 e. The Morgan fingerprint density at radius 1 is 1.28 bits per heavy atom. The van der Waals surface area contributed by atoms with Crippen LogP contribution in [0.2, 0.25) is 0 Å². The van der Waals surface area contributed by atoms with E-state index in [-0.39, 0.29) is 18.2 Å². The van der Waals surface area contributed by atoms with Gasteiger partial charge in [0, 0.05) is 15.6 Å². The molecule has 0 unspecified atom stereocenters. The molecule has 2 aromatic rings. The Labute approximate surface area is 152 Å². The second-order valence-corrected chi connectivity index (χ2v) is 5.83. The van der Waals surface area contributed by atoms with Crippen LogP contribution in [0, 0.1) is 0 Å². The Bertz CT molecular complexity index is 808. The number of aromatic hydroxyl groups is 1. The molecule has 2 aromatic carbocycles. The van der Waals surface area contributed by atoms with Crippen LogP contribution >= 0.6 is 15.9 Å². The zero-order chi connectivity index (χ0) is 18.2. The highest BCUT2D eigenvalue weighted by atomic mass is 79.9. The number of carbonyl (C=O) groups excluding carboxylic acids is 2. The van der Waals surface area contributed by atoms with Gasteiger partial charge in [-0.1, -0.05) is 22.0 Å². The third-order valence-corrected chi connectivity index (χ3v) is 3.62. The van der Waals surface area contributed by atoms with Gasteiger partial charge in [-0.3, -0.25) is 9.59 Å². The van der Waals surface area contributed by atoms with Crippen LogP contribution in [0.5, 0.6) is 11.5 Å². The van der Waals surface area contributed by atoms with E-state index in [9.17, 15) is 14.7 Å². The first-order chi connectivity index (χ1) is 12.0. The first-order valence-corrected chi connectivity index (χ1v) is 8.01. The summed E-state index contributed by atoms with van der Waals surface area (Å²) in [5.41, 5.74) is 3.09. The van der Waals surface area contributed by atoms with Crippen LogP contribution in [0.15, 0.2) is 52.0 Å². The molecule has 0 fully saturated rings. The fourth-order valence-electron chi connectivity index (χ4n) is 1.87. The molecule has 8 heteroatoms. The van der Waals surface area contributed by atoms with E-state index in [0.717, 1.165) is 4.47 Å². The van der Waals surface area contributed by atoms with Gasteiger partial charge in [0.25, 0.3) is 11.8 Å². The van der Waals surface area contributed by atoms with Gasteiger partial charge in [-0.2, -0.15) is 5.10 Å². The van der Waals surface area contributed by atoms with E-state index >= 15 is 0 Å². The van der Waals surface area contributed by atoms with E-state index in [2.05, 4.69) is 31.8 Å². The minimum Gasteiger partial charge on any atom is -0.507 e. The first kappa shape index (κ1) is 18.5. The molecular weight excluding hydrogens is 390 g/mol. The molecule has 3 N–H and O–H groups in total. The van der Waals surface area contributed by atoms with Crippen LogP contribution in [-0.4, -0.2) is 36.8 Å². The highest BCUT2D eigenvalue weighted by Crippen LogP contribution is 2.20. The molecule has 0 saturated heterocycles. The standard InChI is InChI=1S/C17H16BrN3O4/c1-25-14-5-6-15(22)12(8-14)9-20-21-16(23)10-19-17(24)11-3-2-4-13(18)7-11/h2-9,22H,10H2,1H3,(H,19,24)(H,21,23)/b20-9-. The maximum absolute atomic E-state index is 11.9. The number of phenols is 1. The molecule has 0 aliphatic carbocycles. The number of nitrogens with one attached hydrogen (secondary N) is 2. The molecule has 0 bridgehead atoms.